The molecule has 0 radical (unpaired) electrons. The van der Waals surface area contributed by atoms with Crippen molar-refractivity contribution < 1.29 is 19.8 Å². The van der Waals surface area contributed by atoms with Gasteiger partial charge in [-0.3, -0.25) is 4.79 Å². The number of benzene rings is 1. The van der Waals surface area contributed by atoms with Gasteiger partial charge in [0, 0.05) is 0 Å². The minimum absolute atomic E-state index is 0.182. The summed E-state index contributed by atoms with van der Waals surface area (Å²) in [6.07, 6.45) is 3.30. The van der Waals surface area contributed by atoms with Gasteiger partial charge in [0.2, 0.25) is 0 Å². The second-order valence-electron chi connectivity index (χ2n) is 2.58. The van der Waals surface area contributed by atoms with Crippen LogP contribution in [-0.4, -0.2) is 22.5 Å². The summed E-state index contributed by atoms with van der Waals surface area (Å²) in [4.78, 5) is 20.6. The number of carbonyl (C=O) groups excluding carboxylic acids is 1. The number of aromatic hydroxyl groups is 1. The molecule has 0 amide bonds. The van der Waals surface area contributed by atoms with E-state index in [0.717, 1.165) is 0 Å². The minimum Gasteiger partial charge on any atom is -0.507 e. The predicted molar refractivity (Wildman–Crippen MR) is 50.2 cm³/mol. The Bertz CT molecular complexity index is 393. The lowest BCUT2D eigenvalue weighted by molar-refractivity contribution is -0.104. The van der Waals surface area contributed by atoms with Crippen LogP contribution in [0.25, 0.3) is 6.08 Å². The Kier molecular flexibility index (Phi) is 3.01. The van der Waals surface area contributed by atoms with Crippen LogP contribution in [-0.2, 0) is 4.79 Å². The lowest BCUT2D eigenvalue weighted by atomic mass is 10.1. The molecule has 0 aliphatic heterocycles. The summed E-state index contributed by atoms with van der Waals surface area (Å²) in [5, 5.41) is 17.8. The van der Waals surface area contributed by atoms with Crippen LogP contribution in [0.1, 0.15) is 15.9 Å². The maximum absolute atomic E-state index is 10.6. The number of allylic oxidation sites excluding steroid dienone is 1. The van der Waals surface area contributed by atoms with Crippen LogP contribution in [0.2, 0.25) is 0 Å². The van der Waals surface area contributed by atoms with Crippen molar-refractivity contribution in [3.05, 3.63) is 35.4 Å². The van der Waals surface area contributed by atoms with Crippen molar-refractivity contribution in [3.63, 3.8) is 0 Å². The highest BCUT2D eigenvalue weighted by Gasteiger charge is 2.08. The summed E-state index contributed by atoms with van der Waals surface area (Å²) in [5.41, 5.74) is 0.366. The second kappa shape index (κ2) is 4.23. The molecule has 1 rings (SSSR count). The van der Waals surface area contributed by atoms with Gasteiger partial charge < -0.3 is 10.2 Å². The van der Waals surface area contributed by atoms with E-state index in [1.54, 1.807) is 0 Å². The quantitative estimate of drug-likeness (QED) is 0.559. The minimum atomic E-state index is -1.20. The summed E-state index contributed by atoms with van der Waals surface area (Å²) in [6, 6.07) is 4.08. The highest BCUT2D eigenvalue weighted by Crippen LogP contribution is 2.18. The Balaban J connectivity index is 3.12. The molecule has 0 heterocycles. The summed E-state index contributed by atoms with van der Waals surface area (Å²) < 4.78 is 0. The van der Waals surface area contributed by atoms with Crippen LogP contribution in [0.4, 0.5) is 0 Å². The fourth-order valence-electron chi connectivity index (χ4n) is 0.979. The van der Waals surface area contributed by atoms with Gasteiger partial charge in [-0.1, -0.05) is 12.1 Å². The molecule has 0 fully saturated rings. The summed E-state index contributed by atoms with van der Waals surface area (Å²) in [7, 11) is 0. The van der Waals surface area contributed by atoms with Gasteiger partial charge in [0.15, 0.2) is 0 Å². The average molecular weight is 192 g/mol. The van der Waals surface area contributed by atoms with Gasteiger partial charge in [-0.25, -0.2) is 4.79 Å². The number of carbonyl (C=O) groups is 2. The molecule has 1 aromatic carbocycles. The molecule has 2 N–H and O–H groups in total. The normalized spacial score (nSPS) is 10.3. The number of carboxylic acid groups (broad SMARTS) is 1. The molecule has 1 aromatic rings. The van der Waals surface area contributed by atoms with Crippen LogP contribution in [0.5, 0.6) is 5.75 Å². The zero-order valence-electron chi connectivity index (χ0n) is 7.18. The van der Waals surface area contributed by atoms with Gasteiger partial charge in [-0.05, 0) is 23.8 Å². The smallest absolute Gasteiger partial charge is 0.339 e. The van der Waals surface area contributed by atoms with Crippen molar-refractivity contribution in [3.8, 4) is 5.75 Å². The first kappa shape index (κ1) is 9.98. The van der Waals surface area contributed by atoms with Crippen molar-refractivity contribution in [2.75, 3.05) is 0 Å². The largest absolute Gasteiger partial charge is 0.507 e. The maximum Gasteiger partial charge on any atom is 0.339 e. The lowest BCUT2D eigenvalue weighted by Crippen LogP contribution is -1.96. The first-order chi connectivity index (χ1) is 6.65. The lowest BCUT2D eigenvalue weighted by Gasteiger charge is -1.99. The fraction of sp³-hybridized carbons (Fsp3) is 0. The Morgan fingerprint density at radius 1 is 1.36 bits per heavy atom. The van der Waals surface area contributed by atoms with Gasteiger partial charge in [0.05, 0.1) is 0 Å². The SMILES string of the molecule is O=CC=Cc1ccc(O)c(C(=O)O)c1. The van der Waals surface area contributed by atoms with E-state index in [4.69, 9.17) is 10.2 Å². The molecule has 0 aliphatic rings. The van der Waals surface area contributed by atoms with Gasteiger partial charge >= 0.3 is 5.97 Å². The predicted octanol–water partition coefficient (Wildman–Crippen LogP) is 1.30. The third kappa shape index (κ3) is 2.20. The molecule has 4 nitrogen and oxygen atoms in total. The Labute approximate surface area is 80.1 Å². The monoisotopic (exact) mass is 192 g/mol. The molecule has 0 bridgehead atoms. The molecule has 0 aromatic heterocycles. The van der Waals surface area contributed by atoms with Crippen LogP contribution in [0.3, 0.4) is 0 Å². The molecular weight excluding hydrogens is 184 g/mol. The summed E-state index contributed by atoms with van der Waals surface area (Å²) in [5.74, 6) is -1.50. The molecule has 0 unspecified atom stereocenters. The number of hydrogen-bond donors (Lipinski definition) is 2. The van der Waals surface area contributed by atoms with Gasteiger partial charge in [0.25, 0.3) is 0 Å². The second-order valence-corrected chi connectivity index (χ2v) is 2.58. The van der Waals surface area contributed by atoms with E-state index < -0.39 is 5.97 Å². The van der Waals surface area contributed by atoms with E-state index >= 15 is 0 Å². The highest BCUT2D eigenvalue weighted by atomic mass is 16.4. The molecule has 14 heavy (non-hydrogen) atoms. The molecule has 0 saturated carbocycles. The standard InChI is InChI=1S/C10H8O4/c11-5-1-2-7-3-4-9(12)8(6-7)10(13)14/h1-6,12H,(H,13,14). The van der Waals surface area contributed by atoms with Crippen LogP contribution in [0, 0.1) is 0 Å². The number of rotatable bonds is 3. The molecule has 4 heteroatoms. The third-order valence-corrected chi connectivity index (χ3v) is 1.62. The van der Waals surface area contributed by atoms with E-state index in [-0.39, 0.29) is 11.3 Å². The van der Waals surface area contributed by atoms with Gasteiger partial charge in [-0.15, -0.1) is 0 Å². The average Bonchev–Trinajstić information content (AvgIpc) is 2.16. The molecule has 0 aliphatic carbocycles. The first-order valence-electron chi connectivity index (χ1n) is 3.83. The van der Waals surface area contributed by atoms with Gasteiger partial charge in [0.1, 0.15) is 17.6 Å². The van der Waals surface area contributed by atoms with Crippen LogP contribution in [0.15, 0.2) is 24.3 Å². The third-order valence-electron chi connectivity index (χ3n) is 1.62. The molecule has 0 atom stereocenters. The van der Waals surface area contributed by atoms with Crippen LogP contribution >= 0.6 is 0 Å². The highest BCUT2D eigenvalue weighted by molar-refractivity contribution is 5.91. The maximum atomic E-state index is 10.6. The molecule has 0 spiro atoms. The Morgan fingerprint density at radius 2 is 2.07 bits per heavy atom. The van der Waals surface area contributed by atoms with Crippen LogP contribution < -0.4 is 0 Å². The van der Waals surface area contributed by atoms with Crippen molar-refractivity contribution in [1.82, 2.24) is 0 Å². The van der Waals surface area contributed by atoms with Crippen molar-refractivity contribution >= 4 is 18.3 Å². The molecular formula is C10H8O4. The summed E-state index contributed by atoms with van der Waals surface area (Å²) >= 11 is 0. The first-order valence-corrected chi connectivity index (χ1v) is 3.83. The number of aromatic carboxylic acids is 1. The number of aldehydes is 1. The fourth-order valence-corrected chi connectivity index (χ4v) is 0.979. The Morgan fingerprint density at radius 3 is 2.64 bits per heavy atom. The topological polar surface area (TPSA) is 74.6 Å². The van der Waals surface area contributed by atoms with E-state index in [2.05, 4.69) is 0 Å². The number of phenols is 1. The van der Waals surface area contributed by atoms with Crippen molar-refractivity contribution in [1.29, 1.82) is 0 Å². The van der Waals surface area contributed by atoms with E-state index in [0.29, 0.717) is 11.8 Å². The summed E-state index contributed by atoms with van der Waals surface area (Å²) in [6.45, 7) is 0. The molecule has 72 valence electrons. The number of carboxylic acids is 1. The Hall–Kier alpha value is -2.10. The molecule has 0 saturated heterocycles. The van der Waals surface area contributed by atoms with Crippen molar-refractivity contribution in [2.45, 2.75) is 0 Å². The van der Waals surface area contributed by atoms with E-state index in [9.17, 15) is 9.59 Å². The zero-order valence-corrected chi connectivity index (χ0v) is 7.18. The van der Waals surface area contributed by atoms with Crippen molar-refractivity contribution in [2.24, 2.45) is 0 Å². The van der Waals surface area contributed by atoms with E-state index in [1.165, 1.54) is 30.4 Å². The van der Waals surface area contributed by atoms with Gasteiger partial charge in [-0.2, -0.15) is 0 Å². The van der Waals surface area contributed by atoms with E-state index in [1.807, 2.05) is 0 Å². The number of hydrogen-bond acceptors (Lipinski definition) is 3. The zero-order chi connectivity index (χ0) is 10.6.